The molecule has 3 heterocycles. The zero-order valence-corrected chi connectivity index (χ0v) is 14.8. The third-order valence-electron chi connectivity index (χ3n) is 5.06. The Bertz CT molecular complexity index is 882. The molecule has 1 saturated heterocycles. The fraction of sp³-hybridized carbons (Fsp3) is 0.368. The lowest BCUT2D eigenvalue weighted by atomic mass is 9.97. The number of aryl methyl sites for hydroxylation is 2. The SMILES string of the molecule is Cc1[nH]c2ccc(C(=O)N3CCCC(c4nccs4)C3)cc2c1C. The molecule has 4 nitrogen and oxygen atoms in total. The number of H-pyrrole nitrogens is 1. The first-order valence-corrected chi connectivity index (χ1v) is 9.29. The molecule has 0 saturated carbocycles. The molecule has 1 amide bonds. The Morgan fingerprint density at radius 2 is 2.25 bits per heavy atom. The van der Waals surface area contributed by atoms with Crippen molar-refractivity contribution in [1.29, 1.82) is 0 Å². The number of aromatic nitrogens is 2. The number of benzene rings is 1. The van der Waals surface area contributed by atoms with Crippen LogP contribution in [0.1, 0.15) is 45.4 Å². The number of thiazole rings is 1. The number of likely N-dealkylation sites (tertiary alicyclic amines) is 1. The molecule has 124 valence electrons. The maximum Gasteiger partial charge on any atom is 0.253 e. The average molecular weight is 339 g/mol. The van der Waals surface area contributed by atoms with Gasteiger partial charge in [-0.3, -0.25) is 4.79 Å². The normalized spacial score (nSPS) is 18.2. The van der Waals surface area contributed by atoms with E-state index in [4.69, 9.17) is 0 Å². The van der Waals surface area contributed by atoms with Crippen LogP contribution in [-0.4, -0.2) is 33.9 Å². The van der Waals surface area contributed by atoms with Crippen molar-refractivity contribution in [3.05, 3.63) is 51.6 Å². The highest BCUT2D eigenvalue weighted by Crippen LogP contribution is 2.29. The molecule has 0 radical (unpaired) electrons. The van der Waals surface area contributed by atoms with Crippen molar-refractivity contribution in [2.24, 2.45) is 0 Å². The van der Waals surface area contributed by atoms with Crippen LogP contribution in [0.15, 0.2) is 29.8 Å². The number of carbonyl (C=O) groups excluding carboxylic acids is 1. The van der Waals surface area contributed by atoms with Crippen LogP contribution in [0.5, 0.6) is 0 Å². The van der Waals surface area contributed by atoms with Gasteiger partial charge in [0.05, 0.1) is 5.01 Å². The van der Waals surface area contributed by atoms with E-state index in [0.29, 0.717) is 5.92 Å². The summed E-state index contributed by atoms with van der Waals surface area (Å²) in [4.78, 5) is 22.8. The second-order valence-electron chi connectivity index (χ2n) is 6.60. The first kappa shape index (κ1) is 15.4. The van der Waals surface area contributed by atoms with Crippen molar-refractivity contribution in [1.82, 2.24) is 14.9 Å². The first-order chi connectivity index (χ1) is 11.6. The van der Waals surface area contributed by atoms with Crippen LogP contribution in [0.2, 0.25) is 0 Å². The molecular weight excluding hydrogens is 318 g/mol. The Morgan fingerprint density at radius 1 is 1.38 bits per heavy atom. The predicted molar refractivity (Wildman–Crippen MR) is 97.8 cm³/mol. The van der Waals surface area contributed by atoms with E-state index in [0.717, 1.165) is 53.1 Å². The van der Waals surface area contributed by atoms with Crippen molar-refractivity contribution in [2.75, 3.05) is 13.1 Å². The van der Waals surface area contributed by atoms with E-state index in [1.165, 1.54) is 5.56 Å². The molecule has 24 heavy (non-hydrogen) atoms. The van der Waals surface area contributed by atoms with Gasteiger partial charge < -0.3 is 9.88 Å². The monoisotopic (exact) mass is 339 g/mol. The minimum absolute atomic E-state index is 0.136. The van der Waals surface area contributed by atoms with Crippen molar-refractivity contribution in [3.8, 4) is 0 Å². The predicted octanol–water partition coefficient (Wildman–Crippen LogP) is 4.26. The second kappa shape index (κ2) is 6.06. The zero-order valence-electron chi connectivity index (χ0n) is 14.0. The molecule has 1 N–H and O–H groups in total. The summed E-state index contributed by atoms with van der Waals surface area (Å²) in [6.07, 6.45) is 4.01. The Hall–Kier alpha value is -2.14. The summed E-state index contributed by atoms with van der Waals surface area (Å²) >= 11 is 1.69. The quantitative estimate of drug-likeness (QED) is 0.758. The molecule has 4 rings (SSSR count). The van der Waals surface area contributed by atoms with Crippen LogP contribution in [0, 0.1) is 13.8 Å². The maximum atomic E-state index is 13.0. The van der Waals surface area contributed by atoms with Crippen molar-refractivity contribution < 1.29 is 4.79 Å². The van der Waals surface area contributed by atoms with E-state index in [1.54, 1.807) is 11.3 Å². The molecule has 0 aliphatic carbocycles. The molecule has 2 aromatic heterocycles. The highest BCUT2D eigenvalue weighted by molar-refractivity contribution is 7.09. The summed E-state index contributed by atoms with van der Waals surface area (Å²) in [6, 6.07) is 5.99. The minimum Gasteiger partial charge on any atom is -0.358 e. The Kier molecular flexibility index (Phi) is 3.88. The third kappa shape index (κ3) is 2.63. The van der Waals surface area contributed by atoms with Gasteiger partial charge in [-0.1, -0.05) is 0 Å². The third-order valence-corrected chi connectivity index (χ3v) is 6.00. The Labute approximate surface area is 145 Å². The van der Waals surface area contributed by atoms with E-state index >= 15 is 0 Å². The van der Waals surface area contributed by atoms with Gasteiger partial charge in [0.25, 0.3) is 5.91 Å². The van der Waals surface area contributed by atoms with Crippen molar-refractivity contribution >= 4 is 28.1 Å². The van der Waals surface area contributed by atoms with E-state index < -0.39 is 0 Å². The van der Waals surface area contributed by atoms with Gasteiger partial charge >= 0.3 is 0 Å². The molecule has 1 aliphatic rings. The smallest absolute Gasteiger partial charge is 0.253 e. The molecule has 1 aliphatic heterocycles. The summed E-state index contributed by atoms with van der Waals surface area (Å²) in [6.45, 7) is 5.78. The van der Waals surface area contributed by atoms with Crippen LogP contribution in [0.3, 0.4) is 0 Å². The lowest BCUT2D eigenvalue weighted by Gasteiger charge is -2.32. The van der Waals surface area contributed by atoms with Gasteiger partial charge in [0.15, 0.2) is 0 Å². The topological polar surface area (TPSA) is 49.0 Å². The maximum absolute atomic E-state index is 13.0. The second-order valence-corrected chi connectivity index (χ2v) is 7.52. The number of hydrogen-bond acceptors (Lipinski definition) is 3. The van der Waals surface area contributed by atoms with Gasteiger partial charge in [-0.15, -0.1) is 11.3 Å². The van der Waals surface area contributed by atoms with Gasteiger partial charge in [0.1, 0.15) is 0 Å². The zero-order chi connectivity index (χ0) is 16.7. The molecule has 1 aromatic carbocycles. The van der Waals surface area contributed by atoms with E-state index in [-0.39, 0.29) is 5.91 Å². The van der Waals surface area contributed by atoms with Crippen LogP contribution in [-0.2, 0) is 0 Å². The van der Waals surface area contributed by atoms with Crippen molar-refractivity contribution in [3.63, 3.8) is 0 Å². The average Bonchev–Trinajstić information content (AvgIpc) is 3.24. The molecule has 3 aromatic rings. The number of nitrogens with zero attached hydrogens (tertiary/aromatic N) is 2. The number of hydrogen-bond donors (Lipinski definition) is 1. The first-order valence-electron chi connectivity index (χ1n) is 8.41. The number of aromatic amines is 1. The standard InChI is InChI=1S/C19H21N3OS/c1-12-13(2)21-17-6-5-14(10-16(12)17)19(23)22-8-3-4-15(11-22)18-20-7-9-24-18/h5-7,9-10,15,21H,3-4,8,11H2,1-2H3. The minimum atomic E-state index is 0.136. The highest BCUT2D eigenvalue weighted by atomic mass is 32.1. The van der Waals surface area contributed by atoms with Gasteiger partial charge in [0, 0.05) is 52.7 Å². The van der Waals surface area contributed by atoms with E-state index in [1.807, 2.05) is 34.7 Å². The van der Waals surface area contributed by atoms with Gasteiger partial charge in [-0.25, -0.2) is 4.98 Å². The van der Waals surface area contributed by atoms with Crippen LogP contribution in [0.25, 0.3) is 10.9 Å². The largest absolute Gasteiger partial charge is 0.358 e. The number of piperidine rings is 1. The Morgan fingerprint density at radius 3 is 3.04 bits per heavy atom. The summed E-state index contributed by atoms with van der Waals surface area (Å²) in [5.74, 6) is 0.513. The molecule has 0 spiro atoms. The van der Waals surface area contributed by atoms with Crippen LogP contribution in [0.4, 0.5) is 0 Å². The Balaban J connectivity index is 1.59. The highest BCUT2D eigenvalue weighted by Gasteiger charge is 2.27. The summed E-state index contributed by atoms with van der Waals surface area (Å²) in [5.41, 5.74) is 4.26. The fourth-order valence-corrected chi connectivity index (χ4v) is 4.34. The van der Waals surface area contributed by atoms with Crippen LogP contribution < -0.4 is 0 Å². The summed E-state index contributed by atoms with van der Waals surface area (Å²) in [7, 11) is 0. The number of carbonyl (C=O) groups is 1. The molecule has 1 atom stereocenters. The lowest BCUT2D eigenvalue weighted by Crippen LogP contribution is -2.39. The lowest BCUT2D eigenvalue weighted by molar-refractivity contribution is 0.0707. The summed E-state index contributed by atoms with van der Waals surface area (Å²) in [5, 5.41) is 4.31. The fourth-order valence-electron chi connectivity index (χ4n) is 3.58. The van der Waals surface area contributed by atoms with E-state index in [2.05, 4.69) is 23.8 Å². The number of nitrogens with one attached hydrogen (secondary N) is 1. The molecule has 1 unspecified atom stereocenters. The number of fused-ring (bicyclic) bond motifs is 1. The number of rotatable bonds is 2. The van der Waals surface area contributed by atoms with Gasteiger partial charge in [-0.05, 0) is 50.5 Å². The molecular formula is C19H21N3OS. The molecule has 1 fully saturated rings. The number of amides is 1. The molecule has 5 heteroatoms. The van der Waals surface area contributed by atoms with Gasteiger partial charge in [-0.2, -0.15) is 0 Å². The van der Waals surface area contributed by atoms with Crippen molar-refractivity contribution in [2.45, 2.75) is 32.6 Å². The van der Waals surface area contributed by atoms with Crippen LogP contribution >= 0.6 is 11.3 Å². The molecule has 0 bridgehead atoms. The summed E-state index contributed by atoms with van der Waals surface area (Å²) < 4.78 is 0. The van der Waals surface area contributed by atoms with E-state index in [9.17, 15) is 4.79 Å². The van der Waals surface area contributed by atoms with Gasteiger partial charge in [0.2, 0.25) is 0 Å².